The topological polar surface area (TPSA) is 95.1 Å². The summed E-state index contributed by atoms with van der Waals surface area (Å²) in [6, 6.07) is 13.2. The molecule has 0 fully saturated rings. The van der Waals surface area contributed by atoms with Crippen molar-refractivity contribution in [3.05, 3.63) is 83.3 Å². The largest absolute Gasteiger partial charge is 0.459 e. The molecular formula is C20H12F3N3O3. The van der Waals surface area contributed by atoms with Gasteiger partial charge in [0.25, 0.3) is 11.8 Å². The zero-order chi connectivity index (χ0) is 21.0. The number of nitrogens with one attached hydrogen (secondary N) is 2. The lowest BCUT2D eigenvalue weighted by molar-refractivity contribution is -0.136. The number of carbonyl (C=O) groups is 2. The van der Waals surface area contributed by atoms with Crippen LogP contribution in [0, 0.1) is 11.3 Å². The molecule has 0 spiro atoms. The Bertz CT molecular complexity index is 1100. The number of nitriles is 1. The molecule has 0 radical (unpaired) electrons. The fourth-order valence-corrected chi connectivity index (χ4v) is 2.49. The molecule has 1 heterocycles. The number of furan rings is 1. The van der Waals surface area contributed by atoms with Crippen LogP contribution in [0.15, 0.2) is 65.3 Å². The predicted molar refractivity (Wildman–Crippen MR) is 97.2 cm³/mol. The van der Waals surface area contributed by atoms with E-state index in [2.05, 4.69) is 10.6 Å². The summed E-state index contributed by atoms with van der Waals surface area (Å²) < 4.78 is 45.4. The first kappa shape index (κ1) is 19.7. The second-order valence-electron chi connectivity index (χ2n) is 5.84. The van der Waals surface area contributed by atoms with Gasteiger partial charge in [0.1, 0.15) is 0 Å². The van der Waals surface area contributed by atoms with Crippen LogP contribution in [0.4, 0.5) is 24.5 Å². The number of benzene rings is 2. The zero-order valence-corrected chi connectivity index (χ0v) is 14.6. The maximum atomic E-state index is 13.5. The van der Waals surface area contributed by atoms with E-state index >= 15 is 0 Å². The highest BCUT2D eigenvalue weighted by Gasteiger charge is 2.34. The minimum Gasteiger partial charge on any atom is -0.459 e. The molecule has 0 atom stereocenters. The fourth-order valence-electron chi connectivity index (χ4n) is 2.49. The van der Waals surface area contributed by atoms with Crippen molar-refractivity contribution in [2.45, 2.75) is 6.18 Å². The number of carbonyl (C=O) groups excluding carboxylic acids is 2. The standard InChI is InChI=1S/C20H12F3N3O3/c21-20(22,23)15-10-14(25-19(28)17-5-2-8-29-17)6-7-16(15)26-18(27)13-4-1-3-12(9-13)11-24/h1-10H,(H,25,28)(H,26,27). The normalized spacial score (nSPS) is 10.8. The van der Waals surface area contributed by atoms with E-state index in [4.69, 9.17) is 9.68 Å². The average molecular weight is 399 g/mol. The van der Waals surface area contributed by atoms with Crippen LogP contribution >= 0.6 is 0 Å². The average Bonchev–Trinajstić information content (AvgIpc) is 3.23. The van der Waals surface area contributed by atoms with Crippen molar-refractivity contribution in [1.82, 2.24) is 0 Å². The van der Waals surface area contributed by atoms with Crippen molar-refractivity contribution in [2.24, 2.45) is 0 Å². The summed E-state index contributed by atoms with van der Waals surface area (Å²) in [5, 5.41) is 13.4. The molecular weight excluding hydrogens is 387 g/mol. The Morgan fingerprint density at radius 1 is 0.966 bits per heavy atom. The fraction of sp³-hybridized carbons (Fsp3) is 0.0500. The molecule has 2 aromatic carbocycles. The molecule has 6 nitrogen and oxygen atoms in total. The summed E-state index contributed by atoms with van der Waals surface area (Å²) in [7, 11) is 0. The van der Waals surface area contributed by atoms with Gasteiger partial charge in [0.2, 0.25) is 0 Å². The lowest BCUT2D eigenvalue weighted by Gasteiger charge is -2.16. The molecule has 29 heavy (non-hydrogen) atoms. The number of rotatable bonds is 4. The van der Waals surface area contributed by atoms with Gasteiger partial charge < -0.3 is 15.1 Å². The molecule has 0 saturated heterocycles. The number of hydrogen-bond donors (Lipinski definition) is 2. The molecule has 0 aliphatic carbocycles. The van der Waals surface area contributed by atoms with E-state index in [1.807, 2.05) is 6.07 Å². The molecule has 2 N–H and O–H groups in total. The second kappa shape index (κ2) is 7.90. The number of halogens is 3. The second-order valence-corrected chi connectivity index (χ2v) is 5.84. The van der Waals surface area contributed by atoms with Crippen molar-refractivity contribution in [3.8, 4) is 6.07 Å². The van der Waals surface area contributed by atoms with Crippen LogP contribution < -0.4 is 10.6 Å². The summed E-state index contributed by atoms with van der Waals surface area (Å²) in [4.78, 5) is 24.3. The zero-order valence-electron chi connectivity index (χ0n) is 14.6. The number of amides is 2. The minimum atomic E-state index is -4.79. The van der Waals surface area contributed by atoms with Gasteiger partial charge in [-0.3, -0.25) is 9.59 Å². The van der Waals surface area contributed by atoms with Crippen LogP contribution in [-0.4, -0.2) is 11.8 Å². The van der Waals surface area contributed by atoms with E-state index in [1.54, 1.807) is 0 Å². The highest BCUT2D eigenvalue weighted by atomic mass is 19.4. The first-order valence-electron chi connectivity index (χ1n) is 8.15. The molecule has 3 aromatic rings. The molecule has 3 rings (SSSR count). The van der Waals surface area contributed by atoms with Crippen LogP contribution in [0.25, 0.3) is 0 Å². The highest BCUT2D eigenvalue weighted by Crippen LogP contribution is 2.37. The Kier molecular flexibility index (Phi) is 5.36. The van der Waals surface area contributed by atoms with Crippen LogP contribution in [0.3, 0.4) is 0 Å². The SMILES string of the molecule is N#Cc1cccc(C(=O)Nc2ccc(NC(=O)c3ccco3)cc2C(F)(F)F)c1. The summed E-state index contributed by atoms with van der Waals surface area (Å²) >= 11 is 0. The molecule has 1 aromatic heterocycles. The van der Waals surface area contributed by atoms with Gasteiger partial charge in [-0.15, -0.1) is 0 Å². The lowest BCUT2D eigenvalue weighted by atomic mass is 10.1. The molecule has 0 aliphatic heterocycles. The lowest BCUT2D eigenvalue weighted by Crippen LogP contribution is -2.18. The third-order valence-corrected chi connectivity index (χ3v) is 3.83. The van der Waals surface area contributed by atoms with E-state index in [0.29, 0.717) is 6.07 Å². The Balaban J connectivity index is 1.87. The predicted octanol–water partition coefficient (Wildman–Crippen LogP) is 4.67. The van der Waals surface area contributed by atoms with E-state index in [0.717, 1.165) is 6.07 Å². The van der Waals surface area contributed by atoms with Crippen molar-refractivity contribution in [2.75, 3.05) is 10.6 Å². The summed E-state index contributed by atoms with van der Waals surface area (Å²) in [5.74, 6) is -1.58. The smallest absolute Gasteiger partial charge is 0.418 e. The number of alkyl halides is 3. The van der Waals surface area contributed by atoms with Crippen molar-refractivity contribution >= 4 is 23.2 Å². The number of anilines is 2. The molecule has 0 saturated carbocycles. The number of nitrogens with zero attached hydrogens (tertiary/aromatic N) is 1. The van der Waals surface area contributed by atoms with Crippen molar-refractivity contribution < 1.29 is 27.2 Å². The van der Waals surface area contributed by atoms with E-state index in [1.165, 1.54) is 48.7 Å². The number of hydrogen-bond acceptors (Lipinski definition) is 4. The molecule has 0 bridgehead atoms. The maximum absolute atomic E-state index is 13.5. The third-order valence-electron chi connectivity index (χ3n) is 3.83. The van der Waals surface area contributed by atoms with E-state index in [9.17, 15) is 22.8 Å². The van der Waals surface area contributed by atoms with Crippen molar-refractivity contribution in [1.29, 1.82) is 5.26 Å². The van der Waals surface area contributed by atoms with Crippen LogP contribution in [-0.2, 0) is 6.18 Å². The Hall–Kier alpha value is -4.06. The van der Waals surface area contributed by atoms with Gasteiger partial charge in [-0.1, -0.05) is 6.07 Å². The van der Waals surface area contributed by atoms with E-state index < -0.39 is 29.2 Å². The van der Waals surface area contributed by atoms with Crippen LogP contribution in [0.2, 0.25) is 0 Å². The van der Waals surface area contributed by atoms with Gasteiger partial charge in [0, 0.05) is 11.3 Å². The Morgan fingerprint density at radius 3 is 2.41 bits per heavy atom. The van der Waals surface area contributed by atoms with E-state index in [-0.39, 0.29) is 22.6 Å². The van der Waals surface area contributed by atoms with Gasteiger partial charge in [0.15, 0.2) is 5.76 Å². The van der Waals surface area contributed by atoms with Gasteiger partial charge in [-0.25, -0.2) is 0 Å². The molecule has 146 valence electrons. The first-order valence-corrected chi connectivity index (χ1v) is 8.15. The van der Waals surface area contributed by atoms with Crippen LogP contribution in [0.1, 0.15) is 32.0 Å². The minimum absolute atomic E-state index is 0.0346. The molecule has 2 amide bonds. The summed E-state index contributed by atoms with van der Waals surface area (Å²) in [5.41, 5.74) is -1.51. The first-order chi connectivity index (χ1) is 13.8. The van der Waals surface area contributed by atoms with Gasteiger partial charge in [-0.05, 0) is 48.5 Å². The molecule has 0 aliphatic rings. The molecule has 9 heteroatoms. The summed E-state index contributed by atoms with van der Waals surface area (Å²) in [6.07, 6.45) is -3.53. The molecule has 0 unspecified atom stereocenters. The third kappa shape index (κ3) is 4.62. The highest BCUT2D eigenvalue weighted by molar-refractivity contribution is 6.05. The Labute approximate surface area is 162 Å². The maximum Gasteiger partial charge on any atom is 0.418 e. The Morgan fingerprint density at radius 2 is 1.76 bits per heavy atom. The monoisotopic (exact) mass is 399 g/mol. The summed E-state index contributed by atoms with van der Waals surface area (Å²) in [6.45, 7) is 0. The van der Waals surface area contributed by atoms with Crippen molar-refractivity contribution in [3.63, 3.8) is 0 Å². The quantitative estimate of drug-likeness (QED) is 0.666. The van der Waals surface area contributed by atoms with Crippen LogP contribution in [0.5, 0.6) is 0 Å². The van der Waals surface area contributed by atoms with Gasteiger partial charge >= 0.3 is 6.18 Å². The van der Waals surface area contributed by atoms with Gasteiger partial charge in [-0.2, -0.15) is 18.4 Å². The van der Waals surface area contributed by atoms with Gasteiger partial charge in [0.05, 0.1) is 29.1 Å².